The number of nitrogens with zero attached hydrogens (tertiary/aromatic N) is 4. The normalized spacial score (nSPS) is 13.9. The fourth-order valence-corrected chi connectivity index (χ4v) is 3.36. The standard InChI is InChI=1S/C20H17N5O/c1-3-17-18(23-13-22-17)10-15(1)14-2-4-19-16(9-14)11-25(7-8-26-19)20-5-6-21-12-24-20/h1-6,9-10,12-13H,7-8,11H2,(H,22,23). The number of anilines is 1. The number of fused-ring (bicyclic) bond motifs is 2. The van der Waals surface area contributed by atoms with Crippen LogP contribution < -0.4 is 9.64 Å². The number of rotatable bonds is 2. The number of ether oxygens (including phenoxy) is 1. The second kappa shape index (κ2) is 6.15. The van der Waals surface area contributed by atoms with Gasteiger partial charge >= 0.3 is 0 Å². The molecule has 0 amide bonds. The number of aromatic amines is 1. The Morgan fingerprint density at radius 2 is 1.92 bits per heavy atom. The molecule has 1 aliphatic rings. The van der Waals surface area contributed by atoms with Crippen LogP contribution in [-0.2, 0) is 6.54 Å². The van der Waals surface area contributed by atoms with Gasteiger partial charge < -0.3 is 14.6 Å². The first kappa shape index (κ1) is 14.9. The lowest BCUT2D eigenvalue weighted by atomic mass is 10.0. The molecule has 3 heterocycles. The quantitative estimate of drug-likeness (QED) is 0.604. The van der Waals surface area contributed by atoms with Gasteiger partial charge in [0, 0.05) is 18.3 Å². The molecule has 6 nitrogen and oxygen atoms in total. The number of hydrogen-bond acceptors (Lipinski definition) is 5. The Morgan fingerprint density at radius 3 is 2.85 bits per heavy atom. The molecule has 0 unspecified atom stereocenters. The Balaban J connectivity index is 1.52. The summed E-state index contributed by atoms with van der Waals surface area (Å²) in [7, 11) is 0. The molecule has 26 heavy (non-hydrogen) atoms. The van der Waals surface area contributed by atoms with Gasteiger partial charge in [-0.2, -0.15) is 0 Å². The molecule has 2 aromatic carbocycles. The zero-order chi connectivity index (χ0) is 17.3. The third-order valence-electron chi connectivity index (χ3n) is 4.68. The van der Waals surface area contributed by atoms with Crippen LogP contribution in [0.3, 0.4) is 0 Å². The summed E-state index contributed by atoms with van der Waals surface area (Å²) < 4.78 is 5.95. The largest absolute Gasteiger partial charge is 0.491 e. The van der Waals surface area contributed by atoms with Gasteiger partial charge in [-0.25, -0.2) is 15.0 Å². The maximum atomic E-state index is 5.95. The lowest BCUT2D eigenvalue weighted by Crippen LogP contribution is -2.26. The summed E-state index contributed by atoms with van der Waals surface area (Å²) in [6.45, 7) is 2.18. The predicted molar refractivity (Wildman–Crippen MR) is 100 cm³/mol. The molecular formula is C20H17N5O. The number of imidazole rings is 1. The first-order valence-electron chi connectivity index (χ1n) is 8.57. The summed E-state index contributed by atoms with van der Waals surface area (Å²) in [6, 6.07) is 14.6. The number of H-pyrrole nitrogens is 1. The third-order valence-corrected chi connectivity index (χ3v) is 4.68. The molecule has 0 bridgehead atoms. The number of benzene rings is 2. The Morgan fingerprint density at radius 1 is 1.00 bits per heavy atom. The SMILES string of the molecule is c1cc(N2CCOc3ccc(-c4ccc5nc[nH]c5c4)cc3C2)ncn1. The summed E-state index contributed by atoms with van der Waals surface area (Å²) in [4.78, 5) is 18.1. The van der Waals surface area contributed by atoms with Gasteiger partial charge in [-0.15, -0.1) is 0 Å². The van der Waals surface area contributed by atoms with Gasteiger partial charge in [-0.05, 0) is 41.5 Å². The third kappa shape index (κ3) is 2.65. The predicted octanol–water partition coefficient (Wildman–Crippen LogP) is 3.42. The van der Waals surface area contributed by atoms with Gasteiger partial charge in [-0.1, -0.05) is 12.1 Å². The summed E-state index contributed by atoms with van der Waals surface area (Å²) in [6.07, 6.45) is 5.07. The summed E-state index contributed by atoms with van der Waals surface area (Å²) >= 11 is 0. The van der Waals surface area contributed by atoms with Crippen molar-refractivity contribution in [2.24, 2.45) is 0 Å². The Labute approximate surface area is 150 Å². The minimum absolute atomic E-state index is 0.635. The lowest BCUT2D eigenvalue weighted by molar-refractivity contribution is 0.331. The van der Waals surface area contributed by atoms with Crippen LogP contribution in [0.4, 0.5) is 5.82 Å². The highest BCUT2D eigenvalue weighted by atomic mass is 16.5. The number of aromatic nitrogens is 4. The first-order chi connectivity index (χ1) is 12.9. The topological polar surface area (TPSA) is 66.9 Å². The molecule has 128 valence electrons. The molecule has 0 radical (unpaired) electrons. The molecular weight excluding hydrogens is 326 g/mol. The molecule has 0 atom stereocenters. The van der Waals surface area contributed by atoms with Crippen LogP contribution in [0.5, 0.6) is 5.75 Å². The number of hydrogen-bond donors (Lipinski definition) is 1. The monoisotopic (exact) mass is 343 g/mol. The fourth-order valence-electron chi connectivity index (χ4n) is 3.36. The van der Waals surface area contributed by atoms with Crippen LogP contribution in [0.15, 0.2) is 61.3 Å². The van der Waals surface area contributed by atoms with E-state index in [2.05, 4.69) is 55.2 Å². The maximum absolute atomic E-state index is 5.95. The van der Waals surface area contributed by atoms with E-state index >= 15 is 0 Å². The van der Waals surface area contributed by atoms with Gasteiger partial charge in [0.1, 0.15) is 24.5 Å². The van der Waals surface area contributed by atoms with E-state index in [9.17, 15) is 0 Å². The average molecular weight is 343 g/mol. The van der Waals surface area contributed by atoms with Crippen LogP contribution in [0, 0.1) is 0 Å². The zero-order valence-corrected chi connectivity index (χ0v) is 14.1. The van der Waals surface area contributed by atoms with E-state index in [4.69, 9.17) is 4.74 Å². The highest BCUT2D eigenvalue weighted by Crippen LogP contribution is 2.31. The van der Waals surface area contributed by atoms with E-state index in [0.29, 0.717) is 6.61 Å². The van der Waals surface area contributed by atoms with Crippen molar-refractivity contribution in [3.05, 3.63) is 66.9 Å². The van der Waals surface area contributed by atoms with Crippen LogP contribution in [0.2, 0.25) is 0 Å². The van der Waals surface area contributed by atoms with E-state index < -0.39 is 0 Å². The van der Waals surface area contributed by atoms with Crippen molar-refractivity contribution < 1.29 is 4.74 Å². The molecule has 0 fully saturated rings. The van der Waals surface area contributed by atoms with Crippen molar-refractivity contribution >= 4 is 16.9 Å². The van der Waals surface area contributed by atoms with Crippen molar-refractivity contribution in [1.82, 2.24) is 19.9 Å². The summed E-state index contributed by atoms with van der Waals surface area (Å²) in [5, 5.41) is 0. The molecule has 4 aromatic rings. The minimum Gasteiger partial charge on any atom is -0.491 e. The molecule has 0 spiro atoms. The highest BCUT2D eigenvalue weighted by Gasteiger charge is 2.17. The molecule has 0 aliphatic carbocycles. The molecule has 2 aromatic heterocycles. The smallest absolute Gasteiger partial charge is 0.132 e. The van der Waals surface area contributed by atoms with Crippen LogP contribution >= 0.6 is 0 Å². The van der Waals surface area contributed by atoms with Gasteiger partial charge in [0.2, 0.25) is 0 Å². The van der Waals surface area contributed by atoms with E-state index in [-0.39, 0.29) is 0 Å². The molecule has 5 rings (SSSR count). The molecule has 1 N–H and O–H groups in total. The van der Waals surface area contributed by atoms with Crippen molar-refractivity contribution in [3.8, 4) is 16.9 Å². The minimum atomic E-state index is 0.635. The van der Waals surface area contributed by atoms with E-state index in [1.807, 2.05) is 12.1 Å². The molecule has 0 saturated carbocycles. The lowest BCUT2D eigenvalue weighted by Gasteiger charge is -2.20. The fraction of sp³-hybridized carbons (Fsp3) is 0.150. The van der Waals surface area contributed by atoms with Gasteiger partial charge in [0.25, 0.3) is 0 Å². The highest BCUT2D eigenvalue weighted by molar-refractivity contribution is 5.81. The van der Waals surface area contributed by atoms with Crippen molar-refractivity contribution in [3.63, 3.8) is 0 Å². The Kier molecular flexibility index (Phi) is 3.52. The van der Waals surface area contributed by atoms with Crippen LogP contribution in [0.1, 0.15) is 5.56 Å². The van der Waals surface area contributed by atoms with E-state index in [0.717, 1.165) is 52.4 Å². The van der Waals surface area contributed by atoms with Crippen molar-refractivity contribution in [2.45, 2.75) is 6.54 Å². The second-order valence-corrected chi connectivity index (χ2v) is 6.29. The van der Waals surface area contributed by atoms with E-state index in [1.54, 1.807) is 18.9 Å². The van der Waals surface area contributed by atoms with Crippen LogP contribution in [0.25, 0.3) is 22.2 Å². The van der Waals surface area contributed by atoms with Crippen molar-refractivity contribution in [2.75, 3.05) is 18.1 Å². The molecule has 0 saturated heterocycles. The Bertz CT molecular complexity index is 1060. The maximum Gasteiger partial charge on any atom is 0.132 e. The molecule has 1 aliphatic heterocycles. The number of nitrogens with one attached hydrogen (secondary N) is 1. The Hall–Kier alpha value is -3.41. The van der Waals surface area contributed by atoms with Gasteiger partial charge in [-0.3, -0.25) is 0 Å². The summed E-state index contributed by atoms with van der Waals surface area (Å²) in [5.41, 5.74) is 5.48. The molecule has 6 heteroatoms. The second-order valence-electron chi connectivity index (χ2n) is 6.29. The van der Waals surface area contributed by atoms with E-state index in [1.165, 1.54) is 0 Å². The summed E-state index contributed by atoms with van der Waals surface area (Å²) in [5.74, 6) is 1.86. The van der Waals surface area contributed by atoms with Gasteiger partial charge in [0.05, 0.1) is 23.9 Å². The van der Waals surface area contributed by atoms with Crippen molar-refractivity contribution in [1.29, 1.82) is 0 Å². The zero-order valence-electron chi connectivity index (χ0n) is 14.1. The van der Waals surface area contributed by atoms with Gasteiger partial charge in [0.15, 0.2) is 0 Å². The average Bonchev–Trinajstić information content (AvgIpc) is 3.06. The van der Waals surface area contributed by atoms with Crippen LogP contribution in [-0.4, -0.2) is 33.1 Å². The first-order valence-corrected chi connectivity index (χ1v) is 8.57.